The highest BCUT2D eigenvalue weighted by Crippen LogP contribution is 2.33. The summed E-state index contributed by atoms with van der Waals surface area (Å²) < 4.78 is 39.3. The third-order valence-electron chi connectivity index (χ3n) is 3.66. The van der Waals surface area contributed by atoms with E-state index in [2.05, 4.69) is 15.5 Å². The first-order chi connectivity index (χ1) is 14.2. The number of alkyl halides is 3. The molecule has 30 heavy (non-hydrogen) atoms. The van der Waals surface area contributed by atoms with E-state index >= 15 is 0 Å². The molecule has 1 N–H and O–H groups in total. The predicted octanol–water partition coefficient (Wildman–Crippen LogP) is 3.80. The summed E-state index contributed by atoms with van der Waals surface area (Å²) in [4.78, 5) is 22.5. The standard InChI is InChI=1S/C17H9F3N6O3S/c18-17(19,20)15-23-24-16(30-15)22-14(27)10(9-21)8-13-2-1-7-25(13)11-3-5-12(6-4-11)26(28)29/h1-8H,(H,22,24,27)/b10-8-. The average molecular weight is 434 g/mol. The maximum atomic E-state index is 12.6. The number of nitrogens with zero attached hydrogens (tertiary/aromatic N) is 5. The summed E-state index contributed by atoms with van der Waals surface area (Å²) >= 11 is 0.132. The number of aromatic nitrogens is 3. The number of benzene rings is 1. The van der Waals surface area contributed by atoms with E-state index < -0.39 is 27.1 Å². The fourth-order valence-corrected chi connectivity index (χ4v) is 2.94. The Morgan fingerprint density at radius 2 is 1.97 bits per heavy atom. The van der Waals surface area contributed by atoms with Crippen molar-refractivity contribution >= 4 is 34.1 Å². The first-order valence-electron chi connectivity index (χ1n) is 7.95. The van der Waals surface area contributed by atoms with Crippen molar-refractivity contribution in [3.05, 3.63) is 69.0 Å². The van der Waals surface area contributed by atoms with Gasteiger partial charge in [-0.2, -0.15) is 18.4 Å². The van der Waals surface area contributed by atoms with Crippen molar-refractivity contribution in [3.63, 3.8) is 0 Å². The van der Waals surface area contributed by atoms with Gasteiger partial charge < -0.3 is 4.57 Å². The van der Waals surface area contributed by atoms with Gasteiger partial charge in [0.2, 0.25) is 10.1 Å². The number of carbonyl (C=O) groups is 1. The zero-order chi connectivity index (χ0) is 21.9. The van der Waals surface area contributed by atoms with Crippen LogP contribution in [-0.2, 0) is 11.0 Å². The van der Waals surface area contributed by atoms with Crippen LogP contribution in [0.5, 0.6) is 0 Å². The molecule has 152 valence electrons. The van der Waals surface area contributed by atoms with Gasteiger partial charge in [0.15, 0.2) is 0 Å². The van der Waals surface area contributed by atoms with E-state index in [0.29, 0.717) is 11.4 Å². The van der Waals surface area contributed by atoms with E-state index in [-0.39, 0.29) is 22.6 Å². The van der Waals surface area contributed by atoms with Gasteiger partial charge in [0, 0.05) is 29.7 Å². The number of non-ortho nitro benzene ring substituents is 1. The highest BCUT2D eigenvalue weighted by atomic mass is 32.1. The lowest BCUT2D eigenvalue weighted by Gasteiger charge is -2.07. The van der Waals surface area contributed by atoms with Gasteiger partial charge in [0.05, 0.1) is 4.92 Å². The van der Waals surface area contributed by atoms with Crippen molar-refractivity contribution < 1.29 is 22.9 Å². The number of anilines is 1. The predicted molar refractivity (Wildman–Crippen MR) is 99.6 cm³/mol. The number of hydrogen-bond acceptors (Lipinski definition) is 7. The molecule has 1 aromatic carbocycles. The van der Waals surface area contributed by atoms with Gasteiger partial charge in [-0.1, -0.05) is 11.3 Å². The van der Waals surface area contributed by atoms with Crippen LogP contribution in [0.25, 0.3) is 11.8 Å². The smallest absolute Gasteiger partial charge is 0.317 e. The van der Waals surface area contributed by atoms with Crippen LogP contribution in [0.4, 0.5) is 24.0 Å². The molecule has 0 bridgehead atoms. The number of nitro benzene ring substituents is 1. The minimum atomic E-state index is -4.69. The number of nitriles is 1. The Bertz CT molecular complexity index is 1170. The molecule has 1 amide bonds. The molecule has 3 rings (SSSR count). The van der Waals surface area contributed by atoms with Crippen LogP contribution in [0.2, 0.25) is 0 Å². The SMILES string of the molecule is N#C/C(=C/c1cccn1-c1ccc([N+](=O)[O-])cc1)C(=O)Nc1nnc(C(F)(F)F)s1. The topological polar surface area (TPSA) is 127 Å². The van der Waals surface area contributed by atoms with Gasteiger partial charge in [-0.05, 0) is 30.3 Å². The lowest BCUT2D eigenvalue weighted by Crippen LogP contribution is -2.13. The summed E-state index contributed by atoms with van der Waals surface area (Å²) in [6, 6.07) is 10.5. The minimum Gasteiger partial charge on any atom is -0.317 e. The van der Waals surface area contributed by atoms with E-state index in [4.69, 9.17) is 0 Å². The molecule has 0 fully saturated rings. The van der Waals surface area contributed by atoms with Gasteiger partial charge in [-0.25, -0.2) is 0 Å². The molecule has 0 radical (unpaired) electrons. The van der Waals surface area contributed by atoms with Crippen LogP contribution in [0.3, 0.4) is 0 Å². The Morgan fingerprint density at radius 1 is 1.27 bits per heavy atom. The van der Waals surface area contributed by atoms with Gasteiger partial charge in [-0.3, -0.25) is 20.2 Å². The summed E-state index contributed by atoms with van der Waals surface area (Å²) in [6.07, 6.45) is -1.86. The maximum Gasteiger partial charge on any atom is 0.445 e. The van der Waals surface area contributed by atoms with E-state index in [1.165, 1.54) is 30.3 Å². The molecule has 0 aliphatic rings. The fourth-order valence-electron chi connectivity index (χ4n) is 2.33. The van der Waals surface area contributed by atoms with Gasteiger partial charge in [0.25, 0.3) is 11.6 Å². The molecular formula is C17H9F3N6O3S. The van der Waals surface area contributed by atoms with Crippen LogP contribution in [0.1, 0.15) is 10.7 Å². The second-order valence-corrected chi connectivity index (χ2v) is 6.59. The van der Waals surface area contributed by atoms with Crippen molar-refractivity contribution in [2.24, 2.45) is 0 Å². The molecule has 0 atom stereocenters. The first kappa shape index (κ1) is 20.7. The number of carbonyl (C=O) groups excluding carboxylic acids is 1. The lowest BCUT2D eigenvalue weighted by atomic mass is 10.2. The van der Waals surface area contributed by atoms with E-state index in [0.717, 1.165) is 0 Å². The summed E-state index contributed by atoms with van der Waals surface area (Å²) in [7, 11) is 0. The van der Waals surface area contributed by atoms with Gasteiger partial charge in [-0.15, -0.1) is 10.2 Å². The number of nitro groups is 1. The molecular weight excluding hydrogens is 425 g/mol. The van der Waals surface area contributed by atoms with Crippen LogP contribution in [0.15, 0.2) is 48.2 Å². The van der Waals surface area contributed by atoms with Crippen molar-refractivity contribution in [1.29, 1.82) is 5.26 Å². The molecule has 0 unspecified atom stereocenters. The largest absolute Gasteiger partial charge is 0.445 e. The Morgan fingerprint density at radius 3 is 2.53 bits per heavy atom. The second-order valence-electron chi connectivity index (χ2n) is 5.61. The molecule has 2 aromatic heterocycles. The second kappa shape index (κ2) is 8.13. The quantitative estimate of drug-likeness (QED) is 0.282. The van der Waals surface area contributed by atoms with Crippen molar-refractivity contribution in [2.75, 3.05) is 5.32 Å². The normalized spacial score (nSPS) is 11.7. The van der Waals surface area contributed by atoms with Gasteiger partial charge in [0.1, 0.15) is 11.6 Å². The number of halogens is 3. The van der Waals surface area contributed by atoms with Crippen LogP contribution in [0, 0.1) is 21.4 Å². The Balaban J connectivity index is 1.84. The zero-order valence-electron chi connectivity index (χ0n) is 14.6. The number of nitrogens with one attached hydrogen (secondary N) is 1. The maximum absolute atomic E-state index is 12.6. The molecule has 2 heterocycles. The van der Waals surface area contributed by atoms with Gasteiger partial charge >= 0.3 is 6.18 Å². The van der Waals surface area contributed by atoms with Crippen LogP contribution >= 0.6 is 11.3 Å². The third-order valence-corrected chi connectivity index (χ3v) is 4.55. The number of amides is 1. The highest BCUT2D eigenvalue weighted by Gasteiger charge is 2.35. The summed E-state index contributed by atoms with van der Waals surface area (Å²) in [5.41, 5.74) is 0.438. The van der Waals surface area contributed by atoms with Crippen LogP contribution < -0.4 is 5.32 Å². The molecule has 0 spiro atoms. The first-order valence-corrected chi connectivity index (χ1v) is 8.76. The van der Waals surface area contributed by atoms with E-state index in [1.54, 1.807) is 29.0 Å². The van der Waals surface area contributed by atoms with Crippen molar-refractivity contribution in [3.8, 4) is 11.8 Å². The molecule has 0 saturated heterocycles. The zero-order valence-corrected chi connectivity index (χ0v) is 15.4. The Kier molecular flexibility index (Phi) is 5.61. The van der Waals surface area contributed by atoms with Crippen LogP contribution in [-0.4, -0.2) is 25.6 Å². The molecule has 3 aromatic rings. The number of hydrogen-bond donors (Lipinski definition) is 1. The number of rotatable bonds is 5. The molecule has 9 nitrogen and oxygen atoms in total. The van der Waals surface area contributed by atoms with Crippen molar-refractivity contribution in [2.45, 2.75) is 6.18 Å². The van der Waals surface area contributed by atoms with E-state index in [1.807, 2.05) is 0 Å². The summed E-state index contributed by atoms with van der Waals surface area (Å²) in [5, 5.41) is 26.7. The van der Waals surface area contributed by atoms with Crippen molar-refractivity contribution in [1.82, 2.24) is 14.8 Å². The summed E-state index contributed by atoms with van der Waals surface area (Å²) in [5.74, 6) is -0.959. The molecule has 0 saturated carbocycles. The minimum absolute atomic E-state index is 0.102. The monoisotopic (exact) mass is 434 g/mol. The third kappa shape index (κ3) is 4.50. The highest BCUT2D eigenvalue weighted by molar-refractivity contribution is 7.15. The fraction of sp³-hybridized carbons (Fsp3) is 0.0588. The Labute approximate surface area is 169 Å². The van der Waals surface area contributed by atoms with E-state index in [9.17, 15) is 33.3 Å². The average Bonchev–Trinajstić information content (AvgIpc) is 3.35. The lowest BCUT2D eigenvalue weighted by molar-refractivity contribution is -0.384. The molecule has 0 aliphatic carbocycles. The molecule has 13 heteroatoms. The summed E-state index contributed by atoms with van der Waals surface area (Å²) in [6.45, 7) is 0. The molecule has 0 aliphatic heterocycles. The Hall–Kier alpha value is -4.05.